The SMILES string of the molecule is CCNC(=NCCCc1nnc2n1CCCCC2)NCCN(CC)c1cccc(C)c1.I. The largest absolute Gasteiger partial charge is 0.370 e. The molecule has 0 fully saturated rings. The second-order valence-corrected chi connectivity index (χ2v) is 8.20. The molecule has 32 heavy (non-hydrogen) atoms. The summed E-state index contributed by atoms with van der Waals surface area (Å²) in [5, 5.41) is 15.7. The molecule has 2 aromatic rings. The van der Waals surface area contributed by atoms with Crippen molar-refractivity contribution in [2.75, 3.05) is 37.6 Å². The predicted octanol–water partition coefficient (Wildman–Crippen LogP) is 3.95. The van der Waals surface area contributed by atoms with Crippen LogP contribution in [-0.4, -0.2) is 53.4 Å². The van der Waals surface area contributed by atoms with Gasteiger partial charge >= 0.3 is 0 Å². The monoisotopic (exact) mass is 553 g/mol. The number of hydrogen-bond donors (Lipinski definition) is 2. The third-order valence-electron chi connectivity index (χ3n) is 5.78. The number of guanidine groups is 1. The fourth-order valence-electron chi connectivity index (χ4n) is 4.10. The molecule has 1 aromatic carbocycles. The summed E-state index contributed by atoms with van der Waals surface area (Å²) in [6.07, 6.45) is 6.76. The van der Waals surface area contributed by atoms with E-state index >= 15 is 0 Å². The number of nitrogens with zero attached hydrogens (tertiary/aromatic N) is 5. The fourth-order valence-corrected chi connectivity index (χ4v) is 4.10. The molecule has 0 amide bonds. The summed E-state index contributed by atoms with van der Waals surface area (Å²) in [7, 11) is 0. The molecule has 1 aromatic heterocycles. The predicted molar refractivity (Wildman–Crippen MR) is 144 cm³/mol. The molecule has 0 bridgehead atoms. The molecule has 8 heteroatoms. The summed E-state index contributed by atoms with van der Waals surface area (Å²) in [5.74, 6) is 3.18. The van der Waals surface area contributed by atoms with Crippen molar-refractivity contribution < 1.29 is 0 Å². The molecule has 0 saturated carbocycles. The van der Waals surface area contributed by atoms with E-state index in [-0.39, 0.29) is 24.0 Å². The van der Waals surface area contributed by atoms with Crippen molar-refractivity contribution in [1.82, 2.24) is 25.4 Å². The Morgan fingerprint density at radius 3 is 2.81 bits per heavy atom. The Balaban J connectivity index is 0.00000363. The lowest BCUT2D eigenvalue weighted by Crippen LogP contribution is -2.41. The zero-order valence-electron chi connectivity index (χ0n) is 19.9. The van der Waals surface area contributed by atoms with Crippen molar-refractivity contribution in [2.24, 2.45) is 4.99 Å². The highest BCUT2D eigenvalue weighted by molar-refractivity contribution is 14.0. The van der Waals surface area contributed by atoms with E-state index in [0.717, 1.165) is 70.3 Å². The molecule has 2 N–H and O–H groups in total. The molecule has 0 aliphatic carbocycles. The van der Waals surface area contributed by atoms with Crippen LogP contribution < -0.4 is 15.5 Å². The molecule has 0 atom stereocenters. The molecule has 7 nitrogen and oxygen atoms in total. The first-order valence-electron chi connectivity index (χ1n) is 12.0. The van der Waals surface area contributed by atoms with Gasteiger partial charge in [-0.1, -0.05) is 18.6 Å². The number of benzene rings is 1. The van der Waals surface area contributed by atoms with Crippen molar-refractivity contribution in [3.63, 3.8) is 0 Å². The quantitative estimate of drug-likeness (QED) is 0.202. The topological polar surface area (TPSA) is 70.4 Å². The minimum Gasteiger partial charge on any atom is -0.370 e. The number of rotatable bonds is 10. The highest BCUT2D eigenvalue weighted by Gasteiger charge is 2.14. The molecular formula is C24H40IN7. The molecular weight excluding hydrogens is 513 g/mol. The summed E-state index contributed by atoms with van der Waals surface area (Å²) in [4.78, 5) is 7.16. The van der Waals surface area contributed by atoms with Crippen molar-refractivity contribution in [1.29, 1.82) is 0 Å². The first kappa shape index (κ1) is 26.4. The van der Waals surface area contributed by atoms with Gasteiger partial charge in [0.2, 0.25) is 0 Å². The van der Waals surface area contributed by atoms with E-state index < -0.39 is 0 Å². The van der Waals surface area contributed by atoms with Crippen LogP contribution in [0.2, 0.25) is 0 Å². The molecule has 1 aliphatic heterocycles. The number of likely N-dealkylation sites (N-methyl/N-ethyl adjacent to an activating group) is 1. The van der Waals surface area contributed by atoms with Gasteiger partial charge in [0.25, 0.3) is 0 Å². The fraction of sp³-hybridized carbons (Fsp3) is 0.625. The normalized spacial score (nSPS) is 13.7. The summed E-state index contributed by atoms with van der Waals surface area (Å²) < 4.78 is 2.34. The Bertz CT molecular complexity index is 834. The number of aryl methyl sites for hydroxylation is 3. The summed E-state index contributed by atoms with van der Waals surface area (Å²) in [6.45, 7) is 11.9. The number of anilines is 1. The number of aliphatic imine (C=N–C) groups is 1. The van der Waals surface area contributed by atoms with Gasteiger partial charge in [-0.25, -0.2) is 0 Å². The van der Waals surface area contributed by atoms with E-state index in [1.807, 2.05) is 0 Å². The van der Waals surface area contributed by atoms with E-state index in [1.54, 1.807) is 0 Å². The van der Waals surface area contributed by atoms with Gasteiger partial charge < -0.3 is 20.1 Å². The lowest BCUT2D eigenvalue weighted by Gasteiger charge is -2.24. The van der Waals surface area contributed by atoms with Crippen LogP contribution in [-0.2, 0) is 19.4 Å². The van der Waals surface area contributed by atoms with Gasteiger partial charge in [0.1, 0.15) is 11.6 Å². The summed E-state index contributed by atoms with van der Waals surface area (Å²) in [6, 6.07) is 8.69. The number of halogens is 1. The van der Waals surface area contributed by atoms with Crippen LogP contribution in [0, 0.1) is 6.92 Å². The molecule has 0 spiro atoms. The molecule has 178 valence electrons. The average molecular weight is 554 g/mol. The van der Waals surface area contributed by atoms with Crippen molar-refractivity contribution >= 4 is 35.6 Å². The van der Waals surface area contributed by atoms with Crippen molar-refractivity contribution in [3.8, 4) is 0 Å². The molecule has 0 unspecified atom stereocenters. The van der Waals surface area contributed by atoms with Crippen LogP contribution in [0.4, 0.5) is 5.69 Å². The zero-order chi connectivity index (χ0) is 21.9. The minimum atomic E-state index is 0. The van der Waals surface area contributed by atoms with Gasteiger partial charge in [-0.3, -0.25) is 4.99 Å². The number of fused-ring (bicyclic) bond motifs is 1. The van der Waals surface area contributed by atoms with Gasteiger partial charge in [0, 0.05) is 57.8 Å². The second kappa shape index (κ2) is 14.3. The van der Waals surface area contributed by atoms with Gasteiger partial charge in [-0.05, 0) is 57.7 Å². The number of hydrogen-bond acceptors (Lipinski definition) is 4. The maximum atomic E-state index is 4.77. The highest BCUT2D eigenvalue weighted by Crippen LogP contribution is 2.16. The molecule has 0 saturated heterocycles. The lowest BCUT2D eigenvalue weighted by atomic mass is 10.2. The maximum Gasteiger partial charge on any atom is 0.191 e. The summed E-state index contributed by atoms with van der Waals surface area (Å²) >= 11 is 0. The first-order chi connectivity index (χ1) is 15.2. The second-order valence-electron chi connectivity index (χ2n) is 8.20. The molecule has 0 radical (unpaired) electrons. The molecule has 3 rings (SSSR count). The molecule has 1 aliphatic rings. The minimum absolute atomic E-state index is 0. The van der Waals surface area contributed by atoms with E-state index in [2.05, 4.69) is 75.3 Å². The third kappa shape index (κ3) is 7.94. The maximum absolute atomic E-state index is 4.77. The van der Waals surface area contributed by atoms with Crippen LogP contribution in [0.25, 0.3) is 0 Å². The molecule has 2 heterocycles. The summed E-state index contributed by atoms with van der Waals surface area (Å²) in [5.41, 5.74) is 2.57. The Kier molecular flexibility index (Phi) is 11.8. The van der Waals surface area contributed by atoms with Gasteiger partial charge in [-0.2, -0.15) is 0 Å². The average Bonchev–Trinajstić information content (AvgIpc) is 3.00. The first-order valence-corrected chi connectivity index (χ1v) is 12.0. The lowest BCUT2D eigenvalue weighted by molar-refractivity contribution is 0.597. The van der Waals surface area contributed by atoms with E-state index in [0.29, 0.717) is 0 Å². The van der Waals surface area contributed by atoms with Gasteiger partial charge in [-0.15, -0.1) is 34.2 Å². The van der Waals surface area contributed by atoms with E-state index in [4.69, 9.17) is 4.99 Å². The van der Waals surface area contributed by atoms with Crippen molar-refractivity contribution in [2.45, 2.75) is 65.8 Å². The van der Waals surface area contributed by atoms with Crippen LogP contribution in [0.5, 0.6) is 0 Å². The van der Waals surface area contributed by atoms with Crippen LogP contribution in [0.15, 0.2) is 29.3 Å². The Labute approximate surface area is 210 Å². The van der Waals surface area contributed by atoms with Gasteiger partial charge in [0.05, 0.1) is 0 Å². The van der Waals surface area contributed by atoms with Crippen LogP contribution in [0.3, 0.4) is 0 Å². The smallest absolute Gasteiger partial charge is 0.191 e. The zero-order valence-corrected chi connectivity index (χ0v) is 22.3. The van der Waals surface area contributed by atoms with E-state index in [1.165, 1.54) is 36.3 Å². The van der Waals surface area contributed by atoms with E-state index in [9.17, 15) is 0 Å². The standard InChI is InChI=1S/C24H39N7.HI/c1-4-25-24(27-16-18-30(5-2)21-12-9-11-20(3)19-21)26-15-10-14-23-29-28-22-13-7-6-8-17-31(22)23;/h9,11-12,19H,4-8,10,13-18H2,1-3H3,(H2,25,26,27);1H. The Morgan fingerprint density at radius 1 is 1.16 bits per heavy atom. The number of nitrogens with one attached hydrogen (secondary N) is 2. The third-order valence-corrected chi connectivity index (χ3v) is 5.78. The van der Waals surface area contributed by atoms with Crippen molar-refractivity contribution in [3.05, 3.63) is 41.5 Å². The number of aromatic nitrogens is 3. The van der Waals surface area contributed by atoms with Gasteiger partial charge in [0.15, 0.2) is 5.96 Å². The van der Waals surface area contributed by atoms with Crippen LogP contribution >= 0.6 is 24.0 Å². The Hall–Kier alpha value is -1.84. The highest BCUT2D eigenvalue weighted by atomic mass is 127. The Morgan fingerprint density at radius 2 is 2.03 bits per heavy atom. The van der Waals surface area contributed by atoms with Crippen LogP contribution in [0.1, 0.15) is 56.7 Å².